The third-order valence-electron chi connectivity index (χ3n) is 2.37. The third-order valence-corrected chi connectivity index (χ3v) is 3.25. The van der Waals surface area contributed by atoms with E-state index in [9.17, 15) is 18.3 Å². The molecule has 1 aromatic heterocycles. The highest BCUT2D eigenvalue weighted by molar-refractivity contribution is 7.05. The SMILES string of the molecule is Cc1nnsc1C(O)c1ccccc1OC(F)(F)F. The summed E-state index contributed by atoms with van der Waals surface area (Å²) in [5.74, 6) is -0.435. The number of aryl methyl sites for hydroxylation is 1. The lowest BCUT2D eigenvalue weighted by atomic mass is 10.1. The van der Waals surface area contributed by atoms with E-state index in [0.717, 1.165) is 17.6 Å². The molecule has 0 aliphatic carbocycles. The molecule has 0 saturated carbocycles. The monoisotopic (exact) mass is 290 g/mol. The van der Waals surface area contributed by atoms with E-state index in [-0.39, 0.29) is 5.56 Å². The fourth-order valence-electron chi connectivity index (χ4n) is 1.55. The second-order valence-corrected chi connectivity index (χ2v) is 4.50. The Morgan fingerprint density at radius 3 is 2.58 bits per heavy atom. The van der Waals surface area contributed by atoms with Crippen LogP contribution in [0, 0.1) is 6.92 Å². The number of benzene rings is 1. The maximum atomic E-state index is 12.3. The minimum Gasteiger partial charge on any atom is -0.405 e. The van der Waals surface area contributed by atoms with Crippen LogP contribution in [0.15, 0.2) is 24.3 Å². The lowest BCUT2D eigenvalue weighted by Crippen LogP contribution is -2.18. The van der Waals surface area contributed by atoms with E-state index in [1.807, 2.05) is 0 Å². The van der Waals surface area contributed by atoms with Gasteiger partial charge in [-0.15, -0.1) is 18.3 Å². The largest absolute Gasteiger partial charge is 0.573 e. The van der Waals surface area contributed by atoms with Crippen LogP contribution in [0.25, 0.3) is 0 Å². The van der Waals surface area contributed by atoms with Gasteiger partial charge in [0.25, 0.3) is 0 Å². The van der Waals surface area contributed by atoms with Crippen LogP contribution in [0.3, 0.4) is 0 Å². The molecule has 1 N–H and O–H groups in total. The van der Waals surface area contributed by atoms with Crippen LogP contribution < -0.4 is 4.74 Å². The van der Waals surface area contributed by atoms with Gasteiger partial charge in [-0.1, -0.05) is 22.7 Å². The van der Waals surface area contributed by atoms with Gasteiger partial charge in [0.2, 0.25) is 0 Å². The van der Waals surface area contributed by atoms with E-state index in [0.29, 0.717) is 10.6 Å². The highest BCUT2D eigenvalue weighted by Gasteiger charge is 2.33. The van der Waals surface area contributed by atoms with Gasteiger partial charge in [0.05, 0.1) is 10.6 Å². The van der Waals surface area contributed by atoms with Gasteiger partial charge in [0, 0.05) is 5.56 Å². The molecule has 0 spiro atoms. The average molecular weight is 290 g/mol. The zero-order valence-corrected chi connectivity index (χ0v) is 10.5. The molecule has 19 heavy (non-hydrogen) atoms. The minimum atomic E-state index is -4.81. The predicted octanol–water partition coefficient (Wildman–Crippen LogP) is 2.83. The number of para-hydroxylation sites is 1. The molecular formula is C11H9F3N2O2S. The molecule has 8 heteroatoms. The number of aliphatic hydroxyl groups excluding tert-OH is 1. The fraction of sp³-hybridized carbons (Fsp3) is 0.273. The molecule has 0 fully saturated rings. The van der Waals surface area contributed by atoms with E-state index >= 15 is 0 Å². The summed E-state index contributed by atoms with van der Waals surface area (Å²) in [6, 6.07) is 5.43. The summed E-state index contributed by atoms with van der Waals surface area (Å²) >= 11 is 0.931. The summed E-state index contributed by atoms with van der Waals surface area (Å²) in [5.41, 5.74) is 0.494. The minimum absolute atomic E-state index is 0.0222. The molecular weight excluding hydrogens is 281 g/mol. The second kappa shape index (κ2) is 5.14. The molecule has 0 amide bonds. The highest BCUT2D eigenvalue weighted by atomic mass is 32.1. The Morgan fingerprint density at radius 2 is 2.00 bits per heavy atom. The molecule has 1 atom stereocenters. The summed E-state index contributed by atoms with van der Waals surface area (Å²) in [4.78, 5) is 0.387. The summed E-state index contributed by atoms with van der Waals surface area (Å²) in [6.07, 6.45) is -6.06. The van der Waals surface area contributed by atoms with Crippen LogP contribution in [-0.2, 0) is 0 Å². The Bertz CT molecular complexity index is 571. The number of hydrogen-bond donors (Lipinski definition) is 1. The van der Waals surface area contributed by atoms with E-state index < -0.39 is 18.2 Å². The maximum absolute atomic E-state index is 12.3. The first-order valence-corrected chi connectivity index (χ1v) is 5.97. The van der Waals surface area contributed by atoms with E-state index in [1.54, 1.807) is 6.92 Å². The number of alkyl halides is 3. The molecule has 2 aromatic rings. The quantitative estimate of drug-likeness (QED) is 0.944. The number of aromatic nitrogens is 2. The van der Waals surface area contributed by atoms with Crippen molar-refractivity contribution in [3.8, 4) is 5.75 Å². The van der Waals surface area contributed by atoms with Crippen molar-refractivity contribution in [2.24, 2.45) is 0 Å². The fourth-order valence-corrected chi connectivity index (χ4v) is 2.21. The zero-order valence-electron chi connectivity index (χ0n) is 9.68. The summed E-state index contributed by atoms with van der Waals surface area (Å²) in [6.45, 7) is 1.62. The van der Waals surface area contributed by atoms with Crippen LogP contribution in [0.2, 0.25) is 0 Å². The van der Waals surface area contributed by atoms with Crippen molar-refractivity contribution in [2.45, 2.75) is 19.4 Å². The molecule has 0 aliphatic heterocycles. The van der Waals surface area contributed by atoms with Crippen molar-refractivity contribution in [3.05, 3.63) is 40.4 Å². The number of nitrogens with zero attached hydrogens (tertiary/aromatic N) is 2. The molecule has 1 aromatic carbocycles. The van der Waals surface area contributed by atoms with Gasteiger partial charge in [0.15, 0.2) is 0 Å². The Kier molecular flexibility index (Phi) is 3.72. The molecule has 2 rings (SSSR count). The van der Waals surface area contributed by atoms with Crippen LogP contribution in [-0.4, -0.2) is 21.1 Å². The first-order chi connectivity index (χ1) is 8.88. The lowest BCUT2D eigenvalue weighted by Gasteiger charge is -2.16. The summed E-state index contributed by atoms with van der Waals surface area (Å²) in [5, 5.41) is 13.8. The molecule has 0 radical (unpaired) electrons. The highest BCUT2D eigenvalue weighted by Crippen LogP contribution is 2.35. The average Bonchev–Trinajstić information content (AvgIpc) is 2.73. The number of rotatable bonds is 3. The first kappa shape index (κ1) is 13.8. The van der Waals surface area contributed by atoms with Gasteiger partial charge in [-0.05, 0) is 24.5 Å². The molecule has 1 unspecified atom stereocenters. The van der Waals surface area contributed by atoms with Crippen molar-refractivity contribution >= 4 is 11.5 Å². The topological polar surface area (TPSA) is 55.2 Å². The number of ether oxygens (including phenoxy) is 1. The number of aliphatic hydroxyl groups is 1. The Morgan fingerprint density at radius 1 is 1.32 bits per heavy atom. The lowest BCUT2D eigenvalue weighted by molar-refractivity contribution is -0.275. The molecule has 0 bridgehead atoms. The van der Waals surface area contributed by atoms with Crippen molar-refractivity contribution in [3.63, 3.8) is 0 Å². The number of hydrogen-bond acceptors (Lipinski definition) is 5. The maximum Gasteiger partial charge on any atom is 0.573 e. The second-order valence-electron chi connectivity index (χ2n) is 3.71. The van der Waals surface area contributed by atoms with Gasteiger partial charge in [-0.3, -0.25) is 0 Å². The van der Waals surface area contributed by atoms with Gasteiger partial charge in [-0.25, -0.2) is 0 Å². The van der Waals surface area contributed by atoms with Crippen LogP contribution in [0.1, 0.15) is 22.2 Å². The van der Waals surface area contributed by atoms with Crippen LogP contribution in [0.4, 0.5) is 13.2 Å². The normalized spacial score (nSPS) is 13.3. The van der Waals surface area contributed by atoms with Crippen molar-refractivity contribution in [1.29, 1.82) is 0 Å². The summed E-state index contributed by atoms with van der Waals surface area (Å²) in [7, 11) is 0. The molecule has 4 nitrogen and oxygen atoms in total. The Balaban J connectivity index is 2.37. The molecule has 0 aliphatic rings. The Labute approximate surface area is 110 Å². The van der Waals surface area contributed by atoms with E-state index in [4.69, 9.17) is 0 Å². The van der Waals surface area contributed by atoms with Gasteiger partial charge in [-0.2, -0.15) is 0 Å². The smallest absolute Gasteiger partial charge is 0.405 e. The Hall–Kier alpha value is -1.67. The van der Waals surface area contributed by atoms with Crippen LogP contribution >= 0.6 is 11.5 Å². The van der Waals surface area contributed by atoms with Crippen LogP contribution in [0.5, 0.6) is 5.75 Å². The summed E-state index contributed by atoms with van der Waals surface area (Å²) < 4.78 is 44.4. The van der Waals surface area contributed by atoms with Gasteiger partial charge < -0.3 is 9.84 Å². The first-order valence-electron chi connectivity index (χ1n) is 5.20. The molecule has 102 valence electrons. The number of halogens is 3. The third kappa shape index (κ3) is 3.21. The van der Waals surface area contributed by atoms with Crippen molar-refractivity contribution in [2.75, 3.05) is 0 Å². The zero-order chi connectivity index (χ0) is 14.0. The van der Waals surface area contributed by atoms with E-state index in [2.05, 4.69) is 14.3 Å². The van der Waals surface area contributed by atoms with Gasteiger partial charge >= 0.3 is 6.36 Å². The molecule has 0 saturated heterocycles. The van der Waals surface area contributed by atoms with E-state index in [1.165, 1.54) is 18.2 Å². The van der Waals surface area contributed by atoms with Gasteiger partial charge in [0.1, 0.15) is 11.9 Å². The van der Waals surface area contributed by atoms with Crippen molar-refractivity contribution < 1.29 is 23.0 Å². The van der Waals surface area contributed by atoms with Crippen molar-refractivity contribution in [1.82, 2.24) is 9.59 Å². The standard InChI is InChI=1S/C11H9F3N2O2S/c1-6-10(19-16-15-6)9(17)7-4-2-3-5-8(7)18-11(12,13)14/h2-5,9,17H,1H3. The predicted molar refractivity (Wildman–Crippen MR) is 61.8 cm³/mol. The molecule has 1 heterocycles.